The summed E-state index contributed by atoms with van der Waals surface area (Å²) < 4.78 is 6.20. The van der Waals surface area contributed by atoms with Gasteiger partial charge < -0.3 is 19.3 Å². The van der Waals surface area contributed by atoms with Crippen molar-refractivity contribution in [2.24, 2.45) is 0 Å². The Kier molecular flexibility index (Phi) is 5.97. The molecule has 2 saturated heterocycles. The maximum atomic E-state index is 11.3. The van der Waals surface area contributed by atoms with Gasteiger partial charge in [-0.2, -0.15) is 4.98 Å². The van der Waals surface area contributed by atoms with Gasteiger partial charge in [-0.15, -0.1) is 0 Å². The molecule has 3 heterocycles. The summed E-state index contributed by atoms with van der Waals surface area (Å²) in [4.78, 5) is 25.2. The van der Waals surface area contributed by atoms with Crippen LogP contribution in [-0.4, -0.2) is 48.0 Å². The largest absolute Gasteiger partial charge is 0.489 e. The number of ether oxygens (including phenoxy) is 1. The summed E-state index contributed by atoms with van der Waals surface area (Å²) in [6.07, 6.45) is 6.02. The van der Waals surface area contributed by atoms with Crippen LogP contribution in [0.2, 0.25) is 0 Å². The van der Waals surface area contributed by atoms with E-state index in [1.807, 2.05) is 24.4 Å². The summed E-state index contributed by atoms with van der Waals surface area (Å²) >= 11 is 0. The van der Waals surface area contributed by atoms with E-state index in [0.29, 0.717) is 6.42 Å². The monoisotopic (exact) mass is 394 g/mol. The molecule has 1 aromatic heterocycles. The zero-order valence-electron chi connectivity index (χ0n) is 17.4. The van der Waals surface area contributed by atoms with Crippen LogP contribution in [0.15, 0.2) is 36.5 Å². The average molecular weight is 395 g/mol. The van der Waals surface area contributed by atoms with Crippen LogP contribution in [0.4, 0.5) is 11.8 Å². The minimum Gasteiger partial charge on any atom is -0.489 e. The third-order valence-electron chi connectivity index (χ3n) is 5.83. The van der Waals surface area contributed by atoms with Crippen LogP contribution in [-0.2, 0) is 4.79 Å². The maximum Gasteiger partial charge on any atom is 0.227 e. The number of carbonyl (C=O) groups excluding carboxylic acids is 1. The fraction of sp³-hybridized carbons (Fsp3) is 0.522. The molecule has 0 saturated carbocycles. The van der Waals surface area contributed by atoms with E-state index < -0.39 is 0 Å². The predicted octanol–water partition coefficient (Wildman–Crippen LogP) is 3.82. The first kappa shape index (κ1) is 19.7. The second-order valence-corrected chi connectivity index (χ2v) is 8.26. The Balaban J connectivity index is 1.34. The minimum atomic E-state index is 0.134. The number of Topliss-reactive ketones (excluding diaryl/α,β-unsaturated/α-hetero) is 1. The minimum absolute atomic E-state index is 0.134. The van der Waals surface area contributed by atoms with E-state index in [-0.39, 0.29) is 17.8 Å². The lowest BCUT2D eigenvalue weighted by atomic mass is 9.96. The van der Waals surface area contributed by atoms with Gasteiger partial charge in [-0.05, 0) is 49.4 Å². The first-order chi connectivity index (χ1) is 14.1. The normalized spacial score (nSPS) is 20.1. The number of hydrogen-bond donors (Lipinski definition) is 0. The molecule has 0 spiro atoms. The molecule has 6 nitrogen and oxygen atoms in total. The highest BCUT2D eigenvalue weighted by Gasteiger charge is 2.26. The van der Waals surface area contributed by atoms with Gasteiger partial charge in [0.2, 0.25) is 5.95 Å². The highest BCUT2D eigenvalue weighted by molar-refractivity contribution is 5.76. The van der Waals surface area contributed by atoms with Crippen molar-refractivity contribution >= 4 is 17.5 Å². The topological polar surface area (TPSA) is 58.6 Å². The highest BCUT2D eigenvalue weighted by Crippen LogP contribution is 2.26. The molecule has 29 heavy (non-hydrogen) atoms. The lowest BCUT2D eigenvalue weighted by Gasteiger charge is -2.20. The predicted molar refractivity (Wildman–Crippen MR) is 115 cm³/mol. The van der Waals surface area contributed by atoms with Crippen LogP contribution in [0.3, 0.4) is 0 Å². The molecule has 1 aromatic carbocycles. The van der Waals surface area contributed by atoms with Gasteiger partial charge in [-0.25, -0.2) is 4.98 Å². The van der Waals surface area contributed by atoms with Gasteiger partial charge in [0.25, 0.3) is 0 Å². The van der Waals surface area contributed by atoms with Crippen LogP contribution in [0, 0.1) is 0 Å². The van der Waals surface area contributed by atoms with Gasteiger partial charge in [0, 0.05) is 38.7 Å². The molecule has 2 atom stereocenters. The van der Waals surface area contributed by atoms with Crippen molar-refractivity contribution in [3.63, 3.8) is 0 Å². The molecule has 4 rings (SSSR count). The molecule has 0 aliphatic carbocycles. The van der Waals surface area contributed by atoms with E-state index in [0.717, 1.165) is 50.1 Å². The van der Waals surface area contributed by atoms with Crippen molar-refractivity contribution in [1.29, 1.82) is 0 Å². The molecule has 154 valence electrons. The number of anilines is 2. The molecule has 2 aromatic rings. The fourth-order valence-corrected chi connectivity index (χ4v) is 4.24. The Bertz CT molecular complexity index is 833. The van der Waals surface area contributed by atoms with E-state index in [1.165, 1.54) is 18.4 Å². The number of nitrogens with zero attached hydrogens (tertiary/aromatic N) is 4. The van der Waals surface area contributed by atoms with E-state index in [2.05, 4.69) is 33.8 Å². The number of hydrogen-bond acceptors (Lipinski definition) is 6. The van der Waals surface area contributed by atoms with Gasteiger partial charge >= 0.3 is 0 Å². The molecular formula is C23H30N4O2. The van der Waals surface area contributed by atoms with Crippen LogP contribution in [0.25, 0.3) is 0 Å². The average Bonchev–Trinajstić information content (AvgIpc) is 3.40. The van der Waals surface area contributed by atoms with E-state index >= 15 is 0 Å². The van der Waals surface area contributed by atoms with Gasteiger partial charge in [0.05, 0.1) is 6.54 Å². The summed E-state index contributed by atoms with van der Waals surface area (Å²) in [5, 5.41) is 0. The zero-order chi connectivity index (χ0) is 20.2. The molecule has 0 amide bonds. The maximum absolute atomic E-state index is 11.3. The summed E-state index contributed by atoms with van der Waals surface area (Å²) in [5.41, 5.74) is 1.17. The number of rotatable bonds is 7. The number of ketones is 1. The summed E-state index contributed by atoms with van der Waals surface area (Å²) in [6, 6.07) is 10.2. The summed E-state index contributed by atoms with van der Waals surface area (Å²) in [5.74, 6) is 3.17. The molecule has 6 heteroatoms. The van der Waals surface area contributed by atoms with E-state index in [9.17, 15) is 4.79 Å². The standard InChI is InChI=1S/C23H30N4O2/c1-17(15-18(2)28)19-5-7-20(8-6-19)29-21-10-14-27(16-21)23-24-11-9-22(25-23)26-12-3-4-13-26/h5-9,11,17,21H,3-4,10,12-16H2,1-2H3/t17-,21-/m1/s1. The Morgan fingerprint density at radius 1 is 1.14 bits per heavy atom. The molecular weight excluding hydrogens is 364 g/mol. The van der Waals surface area contributed by atoms with Crippen molar-refractivity contribution in [2.75, 3.05) is 36.0 Å². The Hall–Kier alpha value is -2.63. The van der Waals surface area contributed by atoms with Gasteiger partial charge in [-0.3, -0.25) is 0 Å². The van der Waals surface area contributed by atoms with Gasteiger partial charge in [0.15, 0.2) is 0 Å². The quantitative estimate of drug-likeness (QED) is 0.712. The first-order valence-electron chi connectivity index (χ1n) is 10.7. The molecule has 2 fully saturated rings. The summed E-state index contributed by atoms with van der Waals surface area (Å²) in [6.45, 7) is 7.60. The SMILES string of the molecule is CC(=O)C[C@@H](C)c1ccc(O[C@@H]2CCN(c3nccc(N4CCCC4)n3)C2)cc1. The van der Waals surface area contributed by atoms with Gasteiger partial charge in [0.1, 0.15) is 23.5 Å². The third kappa shape index (κ3) is 4.86. The lowest BCUT2D eigenvalue weighted by Crippen LogP contribution is -2.27. The number of carbonyl (C=O) groups is 1. The van der Waals surface area contributed by atoms with Crippen LogP contribution < -0.4 is 14.5 Å². The van der Waals surface area contributed by atoms with Crippen molar-refractivity contribution < 1.29 is 9.53 Å². The van der Waals surface area contributed by atoms with E-state index in [1.54, 1.807) is 6.92 Å². The zero-order valence-corrected chi connectivity index (χ0v) is 17.4. The third-order valence-corrected chi connectivity index (χ3v) is 5.83. The van der Waals surface area contributed by atoms with Crippen molar-refractivity contribution in [2.45, 2.75) is 51.6 Å². The van der Waals surface area contributed by atoms with Crippen molar-refractivity contribution in [3.05, 3.63) is 42.1 Å². The van der Waals surface area contributed by atoms with Gasteiger partial charge in [-0.1, -0.05) is 19.1 Å². The van der Waals surface area contributed by atoms with E-state index in [4.69, 9.17) is 9.72 Å². The Labute approximate surface area is 172 Å². The smallest absolute Gasteiger partial charge is 0.227 e. The van der Waals surface area contributed by atoms with Crippen LogP contribution >= 0.6 is 0 Å². The molecule has 0 unspecified atom stereocenters. The Morgan fingerprint density at radius 3 is 2.62 bits per heavy atom. The second kappa shape index (κ2) is 8.80. The molecule has 0 radical (unpaired) electrons. The molecule has 2 aliphatic heterocycles. The van der Waals surface area contributed by atoms with Crippen LogP contribution in [0.1, 0.15) is 51.0 Å². The summed E-state index contributed by atoms with van der Waals surface area (Å²) in [7, 11) is 0. The number of benzene rings is 1. The molecule has 2 aliphatic rings. The fourth-order valence-electron chi connectivity index (χ4n) is 4.24. The molecule has 0 N–H and O–H groups in total. The van der Waals surface area contributed by atoms with Crippen molar-refractivity contribution in [3.8, 4) is 5.75 Å². The van der Waals surface area contributed by atoms with Crippen molar-refractivity contribution in [1.82, 2.24) is 9.97 Å². The first-order valence-corrected chi connectivity index (χ1v) is 10.7. The second-order valence-electron chi connectivity index (χ2n) is 8.26. The Morgan fingerprint density at radius 2 is 1.90 bits per heavy atom. The van der Waals surface area contributed by atoms with Crippen LogP contribution in [0.5, 0.6) is 5.75 Å². The lowest BCUT2D eigenvalue weighted by molar-refractivity contribution is -0.117. The number of aromatic nitrogens is 2. The molecule has 0 bridgehead atoms. The highest BCUT2D eigenvalue weighted by atomic mass is 16.5.